The molecule has 0 saturated carbocycles. The van der Waals surface area contributed by atoms with Crippen LogP contribution in [-0.2, 0) is 14.9 Å². The molecule has 0 aliphatic rings. The van der Waals surface area contributed by atoms with Gasteiger partial charge in [-0.25, -0.2) is 0 Å². The van der Waals surface area contributed by atoms with E-state index in [1.165, 1.54) is 13.2 Å². The molecule has 5 nitrogen and oxygen atoms in total. The van der Waals surface area contributed by atoms with Gasteiger partial charge in [0.15, 0.2) is 0 Å². The topological polar surface area (TPSA) is 67.4 Å². The quantitative estimate of drug-likeness (QED) is 0.776. The number of nitrogens with one attached hydrogen (secondary N) is 2. The molecule has 0 radical (unpaired) electrons. The fourth-order valence-electron chi connectivity index (χ4n) is 1.03. The molecule has 0 spiro atoms. The Morgan fingerprint density at radius 1 is 1.47 bits per heavy atom. The van der Waals surface area contributed by atoms with Crippen LogP contribution >= 0.6 is 27.5 Å². The highest BCUT2D eigenvalue weighted by Gasteiger charge is 2.11. The molecular weight excluding hydrogens is 332 g/mol. The zero-order valence-corrected chi connectivity index (χ0v) is 12.2. The van der Waals surface area contributed by atoms with Gasteiger partial charge in [0, 0.05) is 23.1 Å². The summed E-state index contributed by atoms with van der Waals surface area (Å²) in [5, 5.41) is 0.447. The lowest BCUT2D eigenvalue weighted by atomic mass is 10.3. The van der Waals surface area contributed by atoms with E-state index in [1.54, 1.807) is 12.1 Å². The van der Waals surface area contributed by atoms with Crippen LogP contribution < -0.4 is 9.44 Å². The summed E-state index contributed by atoms with van der Waals surface area (Å²) in [5.41, 5.74) is 0.377. The molecule has 1 rings (SSSR count). The van der Waals surface area contributed by atoms with E-state index >= 15 is 0 Å². The van der Waals surface area contributed by atoms with Gasteiger partial charge in [0.1, 0.15) is 0 Å². The Balaban J connectivity index is 2.72. The lowest BCUT2D eigenvalue weighted by Gasteiger charge is -2.10. The summed E-state index contributed by atoms with van der Waals surface area (Å²) in [4.78, 5) is 0. The zero-order chi connectivity index (χ0) is 12.9. The fourth-order valence-corrected chi connectivity index (χ4v) is 2.57. The maximum atomic E-state index is 11.6. The summed E-state index contributed by atoms with van der Waals surface area (Å²) in [6.45, 7) is 0.502. The Labute approximate surface area is 114 Å². The second-order valence-corrected chi connectivity index (χ2v) is 5.91. The van der Waals surface area contributed by atoms with E-state index in [2.05, 4.69) is 25.4 Å². The van der Waals surface area contributed by atoms with Crippen LogP contribution in [0.2, 0.25) is 5.02 Å². The van der Waals surface area contributed by atoms with E-state index in [1.807, 2.05) is 0 Å². The molecule has 0 atom stereocenters. The zero-order valence-electron chi connectivity index (χ0n) is 9.04. The first kappa shape index (κ1) is 14.7. The monoisotopic (exact) mass is 342 g/mol. The molecule has 0 aliphatic carbocycles. The Kier molecular flexibility index (Phi) is 5.68. The molecule has 96 valence electrons. The molecule has 0 saturated heterocycles. The van der Waals surface area contributed by atoms with Crippen LogP contribution in [0.15, 0.2) is 22.7 Å². The molecule has 17 heavy (non-hydrogen) atoms. The Morgan fingerprint density at radius 2 is 2.18 bits per heavy atom. The third-order valence-electron chi connectivity index (χ3n) is 1.77. The van der Waals surface area contributed by atoms with E-state index < -0.39 is 10.2 Å². The van der Waals surface area contributed by atoms with Crippen molar-refractivity contribution in [2.75, 3.05) is 25.0 Å². The summed E-state index contributed by atoms with van der Waals surface area (Å²) in [6.07, 6.45) is 0. The first-order valence-electron chi connectivity index (χ1n) is 4.66. The average Bonchev–Trinajstić information content (AvgIpc) is 2.23. The van der Waals surface area contributed by atoms with Gasteiger partial charge in [0.2, 0.25) is 0 Å². The predicted molar refractivity (Wildman–Crippen MR) is 71.6 cm³/mol. The fraction of sp³-hybridized carbons (Fsp3) is 0.333. The summed E-state index contributed by atoms with van der Waals surface area (Å²) >= 11 is 9.00. The van der Waals surface area contributed by atoms with Crippen molar-refractivity contribution in [3.05, 3.63) is 27.7 Å². The predicted octanol–water partition coefficient (Wildman–Crippen LogP) is 2.00. The number of hydrogen-bond donors (Lipinski definition) is 2. The van der Waals surface area contributed by atoms with Gasteiger partial charge in [-0.1, -0.05) is 11.6 Å². The molecule has 0 fully saturated rings. The molecule has 0 aromatic heterocycles. The number of benzene rings is 1. The number of rotatable bonds is 6. The largest absolute Gasteiger partial charge is 0.383 e. The van der Waals surface area contributed by atoms with Gasteiger partial charge in [-0.3, -0.25) is 4.72 Å². The van der Waals surface area contributed by atoms with Crippen molar-refractivity contribution in [2.45, 2.75) is 0 Å². The van der Waals surface area contributed by atoms with E-state index in [9.17, 15) is 8.42 Å². The maximum Gasteiger partial charge on any atom is 0.299 e. The summed E-state index contributed by atoms with van der Waals surface area (Å²) in [6, 6.07) is 4.83. The van der Waals surface area contributed by atoms with Gasteiger partial charge in [-0.15, -0.1) is 0 Å². The lowest BCUT2D eigenvalue weighted by molar-refractivity contribution is 0.204. The van der Waals surface area contributed by atoms with Crippen LogP contribution in [0.1, 0.15) is 0 Å². The van der Waals surface area contributed by atoms with E-state index in [-0.39, 0.29) is 6.54 Å². The minimum atomic E-state index is -3.61. The van der Waals surface area contributed by atoms with Gasteiger partial charge in [-0.05, 0) is 34.1 Å². The van der Waals surface area contributed by atoms with Crippen molar-refractivity contribution in [2.24, 2.45) is 0 Å². The van der Waals surface area contributed by atoms with Gasteiger partial charge < -0.3 is 4.74 Å². The van der Waals surface area contributed by atoms with Crippen molar-refractivity contribution in [1.82, 2.24) is 4.72 Å². The van der Waals surface area contributed by atoms with E-state index in [4.69, 9.17) is 16.3 Å². The van der Waals surface area contributed by atoms with E-state index in [0.717, 1.165) is 0 Å². The Hall–Kier alpha value is -0.340. The molecule has 0 unspecified atom stereocenters. The first-order valence-corrected chi connectivity index (χ1v) is 7.31. The summed E-state index contributed by atoms with van der Waals surface area (Å²) in [5.74, 6) is 0. The number of hydrogen-bond acceptors (Lipinski definition) is 3. The van der Waals surface area contributed by atoms with Crippen LogP contribution in [0.5, 0.6) is 0 Å². The molecule has 0 bridgehead atoms. The second-order valence-electron chi connectivity index (χ2n) is 3.12. The number of ether oxygens (including phenoxy) is 1. The standard InChI is InChI=1S/C9H12BrClN2O3S/c1-16-5-4-12-17(14,15)13-9-6-7(11)2-3-8(9)10/h2-3,6,12-13H,4-5H2,1H3. The highest BCUT2D eigenvalue weighted by molar-refractivity contribution is 9.10. The smallest absolute Gasteiger partial charge is 0.299 e. The summed E-state index contributed by atoms with van der Waals surface area (Å²) in [7, 11) is -2.12. The molecule has 2 N–H and O–H groups in total. The Bertz CT molecular complexity index is 481. The van der Waals surface area contributed by atoms with Crippen molar-refractivity contribution < 1.29 is 13.2 Å². The minimum absolute atomic E-state index is 0.198. The molecule has 1 aromatic carbocycles. The van der Waals surface area contributed by atoms with Crippen LogP contribution in [0.3, 0.4) is 0 Å². The molecule has 0 heterocycles. The first-order chi connectivity index (χ1) is 7.94. The molecule has 8 heteroatoms. The number of halogens is 2. The third kappa shape index (κ3) is 5.22. The maximum absolute atomic E-state index is 11.6. The second kappa shape index (κ2) is 6.55. The van der Waals surface area contributed by atoms with Gasteiger partial charge in [0.05, 0.1) is 12.3 Å². The van der Waals surface area contributed by atoms with Crippen molar-refractivity contribution >= 4 is 43.4 Å². The summed E-state index contributed by atoms with van der Waals surface area (Å²) < 4.78 is 33.2. The number of methoxy groups -OCH3 is 1. The molecular formula is C9H12BrClN2O3S. The van der Waals surface area contributed by atoms with Crippen LogP contribution in [0.4, 0.5) is 5.69 Å². The van der Waals surface area contributed by atoms with Gasteiger partial charge >= 0.3 is 0 Å². The highest BCUT2D eigenvalue weighted by atomic mass is 79.9. The van der Waals surface area contributed by atoms with E-state index in [0.29, 0.717) is 21.8 Å². The Morgan fingerprint density at radius 3 is 2.82 bits per heavy atom. The average molecular weight is 344 g/mol. The van der Waals surface area contributed by atoms with Gasteiger partial charge in [0.25, 0.3) is 10.2 Å². The van der Waals surface area contributed by atoms with Crippen molar-refractivity contribution in [1.29, 1.82) is 0 Å². The lowest BCUT2D eigenvalue weighted by Crippen LogP contribution is -2.32. The van der Waals surface area contributed by atoms with Crippen molar-refractivity contribution in [3.63, 3.8) is 0 Å². The number of anilines is 1. The highest BCUT2D eigenvalue weighted by Crippen LogP contribution is 2.26. The van der Waals surface area contributed by atoms with Crippen LogP contribution in [-0.4, -0.2) is 28.7 Å². The van der Waals surface area contributed by atoms with Gasteiger partial charge in [-0.2, -0.15) is 13.1 Å². The minimum Gasteiger partial charge on any atom is -0.383 e. The molecule has 0 amide bonds. The van der Waals surface area contributed by atoms with Crippen molar-refractivity contribution in [3.8, 4) is 0 Å². The molecule has 0 aliphatic heterocycles. The normalized spacial score (nSPS) is 11.5. The van der Waals surface area contributed by atoms with Crippen LogP contribution in [0, 0.1) is 0 Å². The molecule has 1 aromatic rings. The third-order valence-corrected chi connectivity index (χ3v) is 3.77. The van der Waals surface area contributed by atoms with Crippen LogP contribution in [0.25, 0.3) is 0 Å². The SMILES string of the molecule is COCCNS(=O)(=O)Nc1cc(Cl)ccc1Br.